The van der Waals surface area contributed by atoms with Crippen molar-refractivity contribution < 1.29 is 4.74 Å². The second kappa shape index (κ2) is 5.46. The van der Waals surface area contributed by atoms with Gasteiger partial charge in [0, 0.05) is 36.2 Å². The van der Waals surface area contributed by atoms with Crippen molar-refractivity contribution in [3.05, 3.63) is 16.1 Å². The summed E-state index contributed by atoms with van der Waals surface area (Å²) < 4.78 is 5.63. The lowest BCUT2D eigenvalue weighted by atomic mass is 10.1. The zero-order chi connectivity index (χ0) is 12.3. The third-order valence-electron chi connectivity index (χ3n) is 2.82. The summed E-state index contributed by atoms with van der Waals surface area (Å²) in [6.45, 7) is 8.38. The number of hydrogen-bond acceptors (Lipinski definition) is 4. The summed E-state index contributed by atoms with van der Waals surface area (Å²) in [5, 5.41) is 4.70. The highest BCUT2D eigenvalue weighted by atomic mass is 32.1. The maximum atomic E-state index is 5.63. The molecule has 1 N–H and O–H groups in total. The zero-order valence-corrected chi connectivity index (χ0v) is 11.8. The van der Waals surface area contributed by atoms with E-state index in [4.69, 9.17) is 4.74 Å². The van der Waals surface area contributed by atoms with Gasteiger partial charge in [-0.15, -0.1) is 11.3 Å². The number of nitrogens with zero attached hydrogens (tertiary/aromatic N) is 1. The third kappa shape index (κ3) is 4.37. The topological polar surface area (TPSA) is 34.2 Å². The fourth-order valence-electron chi connectivity index (χ4n) is 1.88. The van der Waals surface area contributed by atoms with Crippen LogP contribution in [0, 0.1) is 0 Å². The van der Waals surface area contributed by atoms with E-state index in [9.17, 15) is 0 Å². The second-order valence-electron chi connectivity index (χ2n) is 5.66. The van der Waals surface area contributed by atoms with Crippen LogP contribution >= 0.6 is 11.3 Å². The lowest BCUT2D eigenvalue weighted by Crippen LogP contribution is -2.34. The van der Waals surface area contributed by atoms with Crippen molar-refractivity contribution in [3.8, 4) is 0 Å². The van der Waals surface area contributed by atoms with Crippen LogP contribution in [0.15, 0.2) is 6.20 Å². The minimum atomic E-state index is 0.165. The molecule has 17 heavy (non-hydrogen) atoms. The minimum absolute atomic E-state index is 0.165. The van der Waals surface area contributed by atoms with E-state index >= 15 is 0 Å². The van der Waals surface area contributed by atoms with Gasteiger partial charge in [0.2, 0.25) is 0 Å². The SMILES string of the molecule is CC(C)(C)NCc1cnc(CC2CCCO2)s1. The van der Waals surface area contributed by atoms with Gasteiger partial charge in [-0.25, -0.2) is 4.98 Å². The molecule has 1 aromatic rings. The Morgan fingerprint density at radius 2 is 2.35 bits per heavy atom. The molecule has 0 bridgehead atoms. The molecule has 1 saturated heterocycles. The maximum Gasteiger partial charge on any atom is 0.0954 e. The molecule has 0 amide bonds. The molecule has 1 aromatic heterocycles. The van der Waals surface area contributed by atoms with E-state index in [-0.39, 0.29) is 5.54 Å². The van der Waals surface area contributed by atoms with Crippen molar-refractivity contribution in [1.29, 1.82) is 0 Å². The zero-order valence-electron chi connectivity index (χ0n) is 11.0. The van der Waals surface area contributed by atoms with Gasteiger partial charge in [-0.2, -0.15) is 0 Å². The first-order chi connectivity index (χ1) is 8.03. The molecule has 1 aliphatic heterocycles. The molecule has 0 aromatic carbocycles. The van der Waals surface area contributed by atoms with Crippen LogP contribution in [0.25, 0.3) is 0 Å². The fourth-order valence-corrected chi connectivity index (χ4v) is 2.80. The van der Waals surface area contributed by atoms with E-state index in [1.807, 2.05) is 6.20 Å². The molecular weight excluding hydrogens is 232 g/mol. The van der Waals surface area contributed by atoms with E-state index in [1.165, 1.54) is 22.7 Å². The fraction of sp³-hybridized carbons (Fsp3) is 0.769. The Labute approximate surface area is 108 Å². The van der Waals surface area contributed by atoms with Gasteiger partial charge in [-0.3, -0.25) is 0 Å². The Kier molecular flexibility index (Phi) is 4.17. The molecule has 0 aliphatic carbocycles. The monoisotopic (exact) mass is 254 g/mol. The van der Waals surface area contributed by atoms with Crippen molar-refractivity contribution in [1.82, 2.24) is 10.3 Å². The molecule has 96 valence electrons. The number of rotatable bonds is 4. The van der Waals surface area contributed by atoms with Crippen molar-refractivity contribution in [3.63, 3.8) is 0 Å². The quantitative estimate of drug-likeness (QED) is 0.897. The Morgan fingerprint density at radius 3 is 3.00 bits per heavy atom. The van der Waals surface area contributed by atoms with Crippen LogP contribution < -0.4 is 5.32 Å². The van der Waals surface area contributed by atoms with Crippen molar-refractivity contribution in [2.45, 2.75) is 58.2 Å². The lowest BCUT2D eigenvalue weighted by Gasteiger charge is -2.19. The van der Waals surface area contributed by atoms with Crippen LogP contribution in [-0.2, 0) is 17.7 Å². The standard InChI is InChI=1S/C13H22N2OS/c1-13(2,3)15-9-11-8-14-12(17-11)7-10-5-4-6-16-10/h8,10,15H,4-7,9H2,1-3H3. The lowest BCUT2D eigenvalue weighted by molar-refractivity contribution is 0.111. The molecule has 1 fully saturated rings. The second-order valence-corrected chi connectivity index (χ2v) is 6.86. The molecule has 1 unspecified atom stereocenters. The largest absolute Gasteiger partial charge is 0.378 e. The van der Waals surface area contributed by atoms with Gasteiger partial charge in [0.25, 0.3) is 0 Å². The first kappa shape index (κ1) is 13.0. The third-order valence-corrected chi connectivity index (χ3v) is 3.84. The van der Waals surface area contributed by atoms with E-state index in [0.717, 1.165) is 19.6 Å². The van der Waals surface area contributed by atoms with Crippen LogP contribution in [0.2, 0.25) is 0 Å². The molecule has 0 radical (unpaired) electrons. The number of thiazole rings is 1. The predicted octanol–water partition coefficient (Wildman–Crippen LogP) is 2.75. The summed E-state index contributed by atoms with van der Waals surface area (Å²) in [6, 6.07) is 0. The van der Waals surface area contributed by atoms with Gasteiger partial charge >= 0.3 is 0 Å². The first-order valence-electron chi connectivity index (χ1n) is 6.33. The van der Waals surface area contributed by atoms with Crippen molar-refractivity contribution >= 4 is 11.3 Å². The Bertz CT molecular complexity index is 351. The Hall–Kier alpha value is -0.450. The summed E-state index contributed by atoms with van der Waals surface area (Å²) in [5.41, 5.74) is 0.165. The average molecular weight is 254 g/mol. The van der Waals surface area contributed by atoms with E-state index < -0.39 is 0 Å². The van der Waals surface area contributed by atoms with Crippen LogP contribution in [0.3, 0.4) is 0 Å². The van der Waals surface area contributed by atoms with E-state index in [1.54, 1.807) is 11.3 Å². The Balaban J connectivity index is 1.83. The number of aromatic nitrogens is 1. The molecule has 2 rings (SSSR count). The summed E-state index contributed by atoms with van der Waals surface area (Å²) in [4.78, 5) is 5.79. The molecule has 1 aliphatic rings. The maximum absolute atomic E-state index is 5.63. The summed E-state index contributed by atoms with van der Waals surface area (Å²) in [5.74, 6) is 0. The molecule has 1 atom stereocenters. The number of nitrogens with one attached hydrogen (secondary N) is 1. The minimum Gasteiger partial charge on any atom is -0.378 e. The van der Waals surface area contributed by atoms with Crippen LogP contribution in [0.4, 0.5) is 0 Å². The van der Waals surface area contributed by atoms with Gasteiger partial charge in [0.15, 0.2) is 0 Å². The van der Waals surface area contributed by atoms with Gasteiger partial charge in [-0.1, -0.05) is 0 Å². The molecule has 2 heterocycles. The van der Waals surface area contributed by atoms with Crippen molar-refractivity contribution in [2.24, 2.45) is 0 Å². The summed E-state index contributed by atoms with van der Waals surface area (Å²) >= 11 is 1.81. The van der Waals surface area contributed by atoms with Gasteiger partial charge in [0.05, 0.1) is 11.1 Å². The highest BCUT2D eigenvalue weighted by molar-refractivity contribution is 7.11. The van der Waals surface area contributed by atoms with E-state index in [2.05, 4.69) is 31.1 Å². The van der Waals surface area contributed by atoms with Crippen LogP contribution in [0.5, 0.6) is 0 Å². The molecule has 4 heteroatoms. The average Bonchev–Trinajstić information content (AvgIpc) is 2.86. The predicted molar refractivity (Wildman–Crippen MR) is 71.4 cm³/mol. The number of ether oxygens (including phenoxy) is 1. The van der Waals surface area contributed by atoms with Crippen molar-refractivity contribution in [2.75, 3.05) is 6.61 Å². The highest BCUT2D eigenvalue weighted by Gasteiger charge is 2.18. The molecule has 0 saturated carbocycles. The molecule has 0 spiro atoms. The molecule has 3 nitrogen and oxygen atoms in total. The Morgan fingerprint density at radius 1 is 1.53 bits per heavy atom. The van der Waals surface area contributed by atoms with Crippen LogP contribution in [-0.4, -0.2) is 23.2 Å². The smallest absolute Gasteiger partial charge is 0.0954 e. The highest BCUT2D eigenvalue weighted by Crippen LogP contribution is 2.21. The van der Waals surface area contributed by atoms with Crippen LogP contribution in [0.1, 0.15) is 43.5 Å². The summed E-state index contributed by atoms with van der Waals surface area (Å²) in [7, 11) is 0. The van der Waals surface area contributed by atoms with Gasteiger partial charge in [0.1, 0.15) is 0 Å². The summed E-state index contributed by atoms with van der Waals surface area (Å²) in [6.07, 6.45) is 5.78. The molecular formula is C13H22N2OS. The van der Waals surface area contributed by atoms with Gasteiger partial charge in [-0.05, 0) is 33.6 Å². The van der Waals surface area contributed by atoms with E-state index in [0.29, 0.717) is 6.10 Å². The van der Waals surface area contributed by atoms with Gasteiger partial charge < -0.3 is 10.1 Å². The normalized spacial score (nSPS) is 21.0. The number of hydrogen-bond donors (Lipinski definition) is 1. The first-order valence-corrected chi connectivity index (χ1v) is 7.15.